The van der Waals surface area contributed by atoms with Gasteiger partial charge in [-0.05, 0) is 24.5 Å². The lowest BCUT2D eigenvalue weighted by Crippen LogP contribution is -2.40. The number of likely N-dealkylation sites (N-methyl/N-ethyl adjacent to an activating group) is 1. The maximum absolute atomic E-state index is 11.0. The van der Waals surface area contributed by atoms with Gasteiger partial charge in [0.1, 0.15) is 0 Å². The van der Waals surface area contributed by atoms with Crippen LogP contribution in [-0.4, -0.2) is 24.0 Å². The zero-order valence-electron chi connectivity index (χ0n) is 9.81. The fraction of sp³-hybridized carbons (Fsp3) is 0.417. The summed E-state index contributed by atoms with van der Waals surface area (Å²) in [4.78, 5) is 12.5. The van der Waals surface area contributed by atoms with Gasteiger partial charge in [0, 0.05) is 19.6 Å². The maximum Gasteiger partial charge on any atom is 0.314 e. The molecule has 0 aromatic heterocycles. The van der Waals surface area contributed by atoms with Crippen LogP contribution in [0, 0.1) is 0 Å². The molecule has 1 atom stereocenters. The van der Waals surface area contributed by atoms with Crippen molar-refractivity contribution < 1.29 is 4.79 Å². The van der Waals surface area contributed by atoms with Crippen molar-refractivity contribution in [3.8, 4) is 0 Å². The molecule has 0 spiro atoms. The third kappa shape index (κ3) is 3.24. The molecule has 0 fully saturated rings. The standard InChI is InChI=1S/C12H19N3O/c1-9(15(2)12(14)16)6-10-4-3-5-11(7-10)8-13/h3-5,7,9H,6,8,13H2,1-2H3,(H2,14,16). The van der Waals surface area contributed by atoms with Crippen molar-refractivity contribution in [3.63, 3.8) is 0 Å². The summed E-state index contributed by atoms with van der Waals surface area (Å²) >= 11 is 0. The second-order valence-corrected chi connectivity index (χ2v) is 4.03. The van der Waals surface area contributed by atoms with E-state index in [4.69, 9.17) is 11.5 Å². The van der Waals surface area contributed by atoms with Crippen LogP contribution in [0.15, 0.2) is 24.3 Å². The van der Waals surface area contributed by atoms with Gasteiger partial charge in [-0.15, -0.1) is 0 Å². The summed E-state index contributed by atoms with van der Waals surface area (Å²) in [7, 11) is 1.71. The normalized spacial score (nSPS) is 12.2. The van der Waals surface area contributed by atoms with Gasteiger partial charge in [-0.1, -0.05) is 24.3 Å². The van der Waals surface area contributed by atoms with Crippen LogP contribution >= 0.6 is 0 Å². The summed E-state index contributed by atoms with van der Waals surface area (Å²) in [5.74, 6) is 0. The number of rotatable bonds is 4. The molecule has 0 saturated heterocycles. The van der Waals surface area contributed by atoms with E-state index in [0.29, 0.717) is 6.54 Å². The first-order chi connectivity index (χ1) is 7.54. The van der Waals surface area contributed by atoms with Gasteiger partial charge in [0.2, 0.25) is 0 Å². The predicted octanol–water partition coefficient (Wildman–Crippen LogP) is 1.09. The van der Waals surface area contributed by atoms with E-state index in [9.17, 15) is 4.79 Å². The molecule has 0 heterocycles. The molecule has 1 aromatic carbocycles. The van der Waals surface area contributed by atoms with Crippen molar-refractivity contribution in [1.82, 2.24) is 4.90 Å². The molecule has 1 rings (SSSR count). The zero-order chi connectivity index (χ0) is 12.1. The van der Waals surface area contributed by atoms with E-state index in [1.165, 1.54) is 10.5 Å². The molecule has 4 heteroatoms. The first-order valence-corrected chi connectivity index (χ1v) is 5.34. The van der Waals surface area contributed by atoms with Crippen molar-refractivity contribution in [2.45, 2.75) is 25.9 Å². The molecule has 88 valence electrons. The van der Waals surface area contributed by atoms with Gasteiger partial charge in [0.25, 0.3) is 0 Å². The number of benzene rings is 1. The second kappa shape index (κ2) is 5.51. The van der Waals surface area contributed by atoms with Gasteiger partial charge in [0.15, 0.2) is 0 Å². The molecule has 1 unspecified atom stereocenters. The van der Waals surface area contributed by atoms with Gasteiger partial charge in [0.05, 0.1) is 0 Å². The summed E-state index contributed by atoms with van der Waals surface area (Å²) in [6.07, 6.45) is 0.785. The van der Waals surface area contributed by atoms with Crippen molar-refractivity contribution in [3.05, 3.63) is 35.4 Å². The van der Waals surface area contributed by atoms with Crippen LogP contribution in [-0.2, 0) is 13.0 Å². The fourth-order valence-electron chi connectivity index (χ4n) is 1.58. The highest BCUT2D eigenvalue weighted by Gasteiger charge is 2.12. The van der Waals surface area contributed by atoms with Gasteiger partial charge in [-0.2, -0.15) is 0 Å². The Balaban J connectivity index is 2.68. The van der Waals surface area contributed by atoms with Crippen molar-refractivity contribution in [1.29, 1.82) is 0 Å². The fourth-order valence-corrected chi connectivity index (χ4v) is 1.58. The number of nitrogens with two attached hydrogens (primary N) is 2. The molecule has 0 aliphatic heterocycles. The molecule has 16 heavy (non-hydrogen) atoms. The van der Waals surface area contributed by atoms with E-state index in [0.717, 1.165) is 12.0 Å². The van der Waals surface area contributed by atoms with Gasteiger partial charge in [-0.3, -0.25) is 0 Å². The Morgan fingerprint density at radius 1 is 1.44 bits per heavy atom. The number of amides is 2. The smallest absolute Gasteiger partial charge is 0.314 e. The molecule has 0 aliphatic carbocycles. The number of hydrogen-bond donors (Lipinski definition) is 2. The molecule has 0 radical (unpaired) electrons. The van der Waals surface area contributed by atoms with Crippen LogP contribution in [0.1, 0.15) is 18.1 Å². The lowest BCUT2D eigenvalue weighted by atomic mass is 10.0. The molecule has 0 aliphatic rings. The Morgan fingerprint density at radius 3 is 2.62 bits per heavy atom. The van der Waals surface area contributed by atoms with Gasteiger partial charge >= 0.3 is 6.03 Å². The molecule has 2 amide bonds. The van der Waals surface area contributed by atoms with E-state index in [-0.39, 0.29) is 6.04 Å². The number of primary amides is 1. The van der Waals surface area contributed by atoms with Crippen LogP contribution in [0.5, 0.6) is 0 Å². The first kappa shape index (κ1) is 12.5. The zero-order valence-corrected chi connectivity index (χ0v) is 9.81. The first-order valence-electron chi connectivity index (χ1n) is 5.34. The molecule has 1 aromatic rings. The molecule has 0 saturated carbocycles. The van der Waals surface area contributed by atoms with Crippen molar-refractivity contribution in [2.24, 2.45) is 11.5 Å². The van der Waals surface area contributed by atoms with E-state index >= 15 is 0 Å². The number of hydrogen-bond acceptors (Lipinski definition) is 2. The SMILES string of the molecule is CC(Cc1cccc(CN)c1)N(C)C(N)=O. The lowest BCUT2D eigenvalue weighted by Gasteiger charge is -2.23. The molecule has 4 nitrogen and oxygen atoms in total. The Bertz CT molecular complexity index is 365. The Labute approximate surface area is 96.2 Å². The molecular weight excluding hydrogens is 202 g/mol. The quantitative estimate of drug-likeness (QED) is 0.798. The van der Waals surface area contributed by atoms with E-state index in [2.05, 4.69) is 6.07 Å². The van der Waals surface area contributed by atoms with Crippen LogP contribution in [0.4, 0.5) is 4.79 Å². The Morgan fingerprint density at radius 2 is 2.06 bits per heavy atom. The van der Waals surface area contributed by atoms with Crippen LogP contribution in [0.25, 0.3) is 0 Å². The number of urea groups is 1. The summed E-state index contributed by atoms with van der Waals surface area (Å²) in [5.41, 5.74) is 13.1. The highest BCUT2D eigenvalue weighted by Crippen LogP contribution is 2.10. The lowest BCUT2D eigenvalue weighted by molar-refractivity contribution is 0.203. The average Bonchev–Trinajstić information content (AvgIpc) is 2.28. The largest absolute Gasteiger partial charge is 0.351 e. The third-order valence-electron chi connectivity index (χ3n) is 2.77. The number of carbonyl (C=O) groups is 1. The summed E-state index contributed by atoms with van der Waals surface area (Å²) in [6.45, 7) is 2.51. The summed E-state index contributed by atoms with van der Waals surface area (Å²) in [6, 6.07) is 7.75. The third-order valence-corrected chi connectivity index (χ3v) is 2.77. The summed E-state index contributed by atoms with van der Waals surface area (Å²) in [5, 5.41) is 0. The Hall–Kier alpha value is -1.55. The highest BCUT2D eigenvalue weighted by atomic mass is 16.2. The van der Waals surface area contributed by atoms with Gasteiger partial charge in [-0.25, -0.2) is 4.79 Å². The van der Waals surface area contributed by atoms with Crippen LogP contribution < -0.4 is 11.5 Å². The minimum Gasteiger partial charge on any atom is -0.351 e. The minimum absolute atomic E-state index is 0.0884. The summed E-state index contributed by atoms with van der Waals surface area (Å²) < 4.78 is 0. The number of carbonyl (C=O) groups excluding carboxylic acids is 1. The van der Waals surface area contributed by atoms with Crippen molar-refractivity contribution in [2.75, 3.05) is 7.05 Å². The highest BCUT2D eigenvalue weighted by molar-refractivity contribution is 5.71. The second-order valence-electron chi connectivity index (χ2n) is 4.03. The van der Waals surface area contributed by atoms with E-state index < -0.39 is 6.03 Å². The van der Waals surface area contributed by atoms with E-state index in [1.807, 2.05) is 25.1 Å². The number of nitrogens with zero attached hydrogens (tertiary/aromatic N) is 1. The molecule has 0 bridgehead atoms. The van der Waals surface area contributed by atoms with E-state index in [1.54, 1.807) is 7.05 Å². The minimum atomic E-state index is -0.400. The van der Waals surface area contributed by atoms with Crippen molar-refractivity contribution >= 4 is 6.03 Å². The predicted molar refractivity (Wildman–Crippen MR) is 64.8 cm³/mol. The molecular formula is C12H19N3O. The average molecular weight is 221 g/mol. The monoisotopic (exact) mass is 221 g/mol. The van der Waals surface area contributed by atoms with Crippen LogP contribution in [0.3, 0.4) is 0 Å². The molecule has 4 N–H and O–H groups in total. The topological polar surface area (TPSA) is 72.3 Å². The van der Waals surface area contributed by atoms with Crippen LogP contribution in [0.2, 0.25) is 0 Å². The maximum atomic E-state index is 11.0. The van der Waals surface area contributed by atoms with Gasteiger partial charge < -0.3 is 16.4 Å². The Kier molecular flexibility index (Phi) is 4.31.